The lowest BCUT2D eigenvalue weighted by Crippen LogP contribution is -1.57. The molecule has 0 radical (unpaired) electrons. The molecular weight excluding hydrogens is 707 g/mol. The van der Waals surface area contributed by atoms with Crippen LogP contribution in [-0.4, -0.2) is 7.85 Å². The van der Waals surface area contributed by atoms with Crippen molar-refractivity contribution in [2.24, 2.45) is 0 Å². The van der Waals surface area contributed by atoms with Gasteiger partial charge in [0.1, 0.15) is 0 Å². The van der Waals surface area contributed by atoms with E-state index in [2.05, 4.69) is 337 Å². The van der Waals surface area contributed by atoms with Gasteiger partial charge in [-0.1, -0.05) is 0 Å². The summed E-state index contributed by atoms with van der Waals surface area (Å²) >= 11 is 0. The topological polar surface area (TPSA) is 0 Å². The Labute approximate surface area is 350 Å². The van der Waals surface area contributed by atoms with Crippen LogP contribution in [0.4, 0.5) is 0 Å². The maximum Gasteiger partial charge on any atom is 0.196 e. The van der Waals surface area contributed by atoms with Crippen molar-refractivity contribution in [1.82, 2.24) is 0 Å². The van der Waals surface area contributed by atoms with Crippen LogP contribution in [0, 0.1) is 344 Å². The smallest absolute Gasteiger partial charge is 0.151 e. The Morgan fingerprint density at radius 2 is 0.220 bits per heavy atom. The van der Waals surface area contributed by atoms with Crippen LogP contribution in [-0.2, 0) is 0 Å². The van der Waals surface area contributed by atoms with E-state index in [4.69, 9.17) is 6.42 Å². The van der Waals surface area contributed by atoms with Gasteiger partial charge in [-0.25, -0.2) is 0 Å². The minimum absolute atomic E-state index is 1.69. The second-order valence-corrected chi connectivity index (χ2v) is 7.27. The summed E-state index contributed by atoms with van der Waals surface area (Å²) in [5.74, 6) is 142. The van der Waals surface area contributed by atoms with Crippen LogP contribution in [0.1, 0.15) is 0 Å². The monoisotopic (exact) mass is 710 g/mol. The highest BCUT2D eigenvalue weighted by Crippen LogP contribution is 1.63. The van der Waals surface area contributed by atoms with Gasteiger partial charge in [0.25, 0.3) is 0 Å². The molecule has 0 aromatic rings. The van der Waals surface area contributed by atoms with Gasteiger partial charge in [-0.05, 0) is 94.7 Å². The van der Waals surface area contributed by atoms with E-state index in [0.717, 1.165) is 0 Å². The lowest BCUT2D eigenvalue weighted by atomic mass is 10.2. The molecule has 0 aliphatic heterocycles. The second kappa shape index (κ2) is 45.3. The van der Waals surface area contributed by atoms with Crippen molar-refractivity contribution in [3.63, 3.8) is 0 Å². The van der Waals surface area contributed by atoms with E-state index in [0.29, 0.717) is 0 Å². The predicted molar refractivity (Wildman–Crippen MR) is 235 cm³/mol. The molecule has 0 aromatic heterocycles. The van der Waals surface area contributed by atoms with Crippen LogP contribution >= 0.6 is 0 Å². The summed E-state index contributed by atoms with van der Waals surface area (Å²) in [4.78, 5) is 0. The third-order valence-electron chi connectivity index (χ3n) is 3.57. The molecule has 0 saturated carbocycles. The average molecular weight is 710 g/mol. The SMILES string of the molecule is BC#CC#CC#CC#CC#CC#CC#CC#CC#CC#CC#CC#CC#CC#CC#CC#CC#CC#CC#CC#CC#CC#CC#CC#CC#CC#CC#CC#CC#C. The molecule has 238 valence electrons. The van der Waals surface area contributed by atoms with Gasteiger partial charge in [0.05, 0.1) is 0 Å². The number of hydrogen-bond donors (Lipinski definition) is 0. The zero-order valence-electron chi connectivity index (χ0n) is 30.1. The first-order chi connectivity index (χ1) is 29.4. The first kappa shape index (κ1) is 46.3. The van der Waals surface area contributed by atoms with Crippen LogP contribution in [0.5, 0.6) is 0 Å². The molecule has 0 bridgehead atoms. The Bertz CT molecular complexity index is 3730. The fourth-order valence-electron chi connectivity index (χ4n) is 1.75. The quantitative estimate of drug-likeness (QED) is 0.231. The molecule has 0 unspecified atom stereocenters. The molecule has 1 heteroatoms. The molecule has 0 amide bonds. The van der Waals surface area contributed by atoms with Gasteiger partial charge >= 0.3 is 0 Å². The first-order valence-corrected chi connectivity index (χ1v) is 14.8. The van der Waals surface area contributed by atoms with Crippen molar-refractivity contribution >= 4 is 7.85 Å². The lowest BCUT2D eigenvalue weighted by molar-refractivity contribution is 2.31. The van der Waals surface area contributed by atoms with E-state index in [1.807, 2.05) is 0 Å². The summed E-state index contributed by atoms with van der Waals surface area (Å²) in [6.07, 6.45) is 4.94. The molecule has 0 rings (SSSR count). The van der Waals surface area contributed by atoms with Gasteiger partial charge in [0, 0.05) is 237 Å². The Morgan fingerprint density at radius 1 is 0.136 bits per heavy atom. The van der Waals surface area contributed by atoms with Gasteiger partial charge in [-0.3, -0.25) is 0 Å². The third-order valence-corrected chi connectivity index (χ3v) is 3.57. The van der Waals surface area contributed by atoms with Crippen molar-refractivity contribution in [2.45, 2.75) is 0 Å². The molecule has 0 nitrogen and oxygen atoms in total. The maximum absolute atomic E-state index is 4.94. The van der Waals surface area contributed by atoms with Gasteiger partial charge < -0.3 is 0 Å². The molecule has 0 aliphatic rings. The minimum atomic E-state index is 1.69. The van der Waals surface area contributed by atoms with E-state index >= 15 is 0 Å². The van der Waals surface area contributed by atoms with Gasteiger partial charge in [0.2, 0.25) is 0 Å². The van der Waals surface area contributed by atoms with Gasteiger partial charge in [-0.15, -0.1) is 6.42 Å². The highest BCUT2D eigenvalue weighted by molar-refractivity contribution is 6.22. The van der Waals surface area contributed by atoms with Crippen LogP contribution in [0.15, 0.2) is 0 Å². The van der Waals surface area contributed by atoms with Crippen molar-refractivity contribution in [1.29, 1.82) is 0 Å². The van der Waals surface area contributed by atoms with Crippen LogP contribution in [0.3, 0.4) is 0 Å². The molecule has 0 spiro atoms. The average Bonchev–Trinajstić information content (AvgIpc) is 3.25. The highest BCUT2D eigenvalue weighted by atomic mass is 13.6. The summed E-state index contributed by atoms with van der Waals surface area (Å²) in [5.41, 5.74) is 0. The molecule has 0 aliphatic carbocycles. The lowest BCUT2D eigenvalue weighted by Gasteiger charge is -1.57. The Balaban J connectivity index is 4.58. The van der Waals surface area contributed by atoms with E-state index in [9.17, 15) is 0 Å². The van der Waals surface area contributed by atoms with Crippen molar-refractivity contribution in [2.75, 3.05) is 0 Å². The summed E-state index contributed by atoms with van der Waals surface area (Å²) in [5, 5.41) is 0. The molecule has 0 atom stereocenters. The standard InChI is InChI=1S/C58H3B/c1-2-3-4-5-6-7-8-9-10-11-12-13-14-15-16-17-18-19-20-21-22-23-24-25-26-27-28-29-30-31-32-33-34-35-36-37-38-39-40-41-42-43-44-45-46-47-48-49-50-51-52-53-54-55-56-57-58-59/h1H,59H2. The highest BCUT2D eigenvalue weighted by Gasteiger charge is 1.63. The van der Waals surface area contributed by atoms with Crippen LogP contribution in [0.2, 0.25) is 0 Å². The van der Waals surface area contributed by atoms with Gasteiger partial charge in [-0.2, -0.15) is 5.82 Å². The van der Waals surface area contributed by atoms with E-state index in [1.165, 1.54) is 0 Å². The fraction of sp³-hybridized carbons (Fsp3) is 0. The van der Waals surface area contributed by atoms with Crippen molar-refractivity contribution in [3.8, 4) is 344 Å². The van der Waals surface area contributed by atoms with E-state index < -0.39 is 0 Å². The molecule has 0 fully saturated rings. The van der Waals surface area contributed by atoms with Crippen LogP contribution in [0.25, 0.3) is 0 Å². The second-order valence-electron chi connectivity index (χ2n) is 7.27. The summed E-state index contributed by atoms with van der Waals surface area (Å²) in [6.45, 7) is 0. The van der Waals surface area contributed by atoms with Crippen LogP contribution < -0.4 is 0 Å². The molecular formula is C58H3B. The largest absolute Gasteiger partial charge is 0.196 e. The normalized spacial score (nSPS) is 3.92. The minimum Gasteiger partial charge on any atom is -0.151 e. The molecule has 0 N–H and O–H groups in total. The Hall–Kier alpha value is -12.7. The Kier molecular flexibility index (Phi) is 35.6. The zero-order valence-corrected chi connectivity index (χ0v) is 30.1. The number of rotatable bonds is 0. The first-order valence-electron chi connectivity index (χ1n) is 14.8. The van der Waals surface area contributed by atoms with E-state index in [-0.39, 0.29) is 0 Å². The fourth-order valence-corrected chi connectivity index (χ4v) is 1.75. The number of hydrogen-bond acceptors (Lipinski definition) is 0. The molecule has 0 saturated heterocycles. The molecule has 0 aromatic carbocycles. The summed E-state index contributed by atoms with van der Waals surface area (Å²) < 4.78 is 0. The van der Waals surface area contributed by atoms with Crippen molar-refractivity contribution in [3.05, 3.63) is 0 Å². The van der Waals surface area contributed by atoms with Gasteiger partial charge in [0.15, 0.2) is 7.85 Å². The predicted octanol–water partition coefficient (Wildman–Crippen LogP) is -0.695. The Morgan fingerprint density at radius 3 is 0.305 bits per heavy atom. The molecule has 0 heterocycles. The zero-order chi connectivity index (χ0) is 42.3. The number of terminal acetylenes is 1. The summed E-state index contributed by atoms with van der Waals surface area (Å²) in [6, 6.07) is 0. The molecule has 59 heavy (non-hydrogen) atoms. The van der Waals surface area contributed by atoms with Crippen molar-refractivity contribution < 1.29 is 0 Å². The summed E-state index contributed by atoms with van der Waals surface area (Å²) in [7, 11) is 1.69. The van der Waals surface area contributed by atoms with E-state index in [1.54, 1.807) is 7.85 Å². The maximum atomic E-state index is 4.94. The third kappa shape index (κ3) is 45.3.